The highest BCUT2D eigenvalue weighted by Gasteiger charge is 2.56. The lowest BCUT2D eigenvalue weighted by Gasteiger charge is -2.35. The van der Waals surface area contributed by atoms with Crippen LogP contribution in [-0.4, -0.2) is 56.7 Å². The van der Waals surface area contributed by atoms with Gasteiger partial charge < -0.3 is 45.6 Å². The van der Waals surface area contributed by atoms with Gasteiger partial charge in [0.05, 0.1) is 19.8 Å². The molecule has 0 radical (unpaired) electrons. The predicted molar refractivity (Wildman–Crippen MR) is 153 cm³/mol. The van der Waals surface area contributed by atoms with Crippen LogP contribution in [0.5, 0.6) is 17.2 Å². The van der Waals surface area contributed by atoms with Gasteiger partial charge in [-0.25, -0.2) is 0 Å². The number of aliphatic hydroxyl groups excluding tert-OH is 1. The number of hydrogen-bond acceptors (Lipinski definition) is 10. The molecule has 2 aliphatic rings. The quantitative estimate of drug-likeness (QED) is 0.390. The normalized spacial score (nSPS) is 13.8. The average molecular weight is 601 g/mol. The summed E-state index contributed by atoms with van der Waals surface area (Å²) in [4.78, 5) is 0. The molecule has 2 heterocycles. The second-order valence-corrected chi connectivity index (χ2v) is 12.2. The van der Waals surface area contributed by atoms with Crippen molar-refractivity contribution in [2.45, 2.75) is 34.7 Å². The van der Waals surface area contributed by atoms with Crippen molar-refractivity contribution in [1.29, 1.82) is 0 Å². The molecule has 10 nitrogen and oxygen atoms in total. The molecule has 2 N–H and O–H groups in total. The number of hydrogen-bond donors (Lipinski definition) is 2. The van der Waals surface area contributed by atoms with Gasteiger partial charge in [-0.1, -0.05) is 69.5 Å². The van der Waals surface area contributed by atoms with E-state index in [1.807, 2.05) is 48.5 Å². The smallest absolute Gasteiger partial charge is 0.508 e. The molecule has 0 aromatic heterocycles. The number of benzene rings is 3. The van der Waals surface area contributed by atoms with E-state index in [0.29, 0.717) is 18.8 Å². The molecule has 3 aromatic carbocycles. The van der Waals surface area contributed by atoms with Gasteiger partial charge in [-0.05, 0) is 18.2 Å². The Balaban J connectivity index is 0.000000622. The van der Waals surface area contributed by atoms with Gasteiger partial charge in [0.15, 0.2) is 0 Å². The molecule has 224 valence electrons. The van der Waals surface area contributed by atoms with Crippen LogP contribution in [0.1, 0.15) is 31.5 Å². The van der Waals surface area contributed by atoms with E-state index >= 15 is 0 Å². The highest BCUT2D eigenvalue weighted by atomic mass is 28.4. The Kier molecular flexibility index (Phi) is 16.5. The van der Waals surface area contributed by atoms with E-state index in [9.17, 15) is 0 Å². The monoisotopic (exact) mass is 600 g/mol. The van der Waals surface area contributed by atoms with Crippen LogP contribution in [-0.2, 0) is 46.4 Å². The maximum Gasteiger partial charge on any atom is 0.821 e. The van der Waals surface area contributed by atoms with Crippen molar-refractivity contribution in [3.63, 3.8) is 0 Å². The SMILES string of the molecule is C.C.CO[Si](OC)(OC)OC.F.OCc1ccccc1O.c1ccc2c(c1)CO[Si]1(OCc3ccccc3O1)O2. The van der Waals surface area contributed by atoms with Gasteiger partial charge in [0.1, 0.15) is 17.2 Å². The molecule has 0 aliphatic carbocycles. The van der Waals surface area contributed by atoms with Gasteiger partial charge in [0.2, 0.25) is 0 Å². The standard InChI is InChI=1S/C14H12O4Si.C7H8O2.C4H12O4Si.2CH4.FH/c1-3-7-13-11(5-1)9-15-19(17-13)16-10-12-6-2-4-8-14(12)18-19;8-5-6-3-1-2-4-7(6)9;1-5-9(6-2,7-3)8-4;;;/h1-8H,9-10H2;1-4,8-9H,5H2;1-4H3;2*1H4;1H. The summed E-state index contributed by atoms with van der Waals surface area (Å²) >= 11 is 0. The van der Waals surface area contributed by atoms with E-state index in [4.69, 9.17) is 45.6 Å². The molecule has 0 amide bonds. The molecular formula is C27H41FO10Si2. The van der Waals surface area contributed by atoms with Gasteiger partial charge in [-0.2, -0.15) is 0 Å². The van der Waals surface area contributed by atoms with E-state index in [2.05, 4.69) is 0 Å². The van der Waals surface area contributed by atoms with Crippen molar-refractivity contribution < 1.29 is 50.3 Å². The molecular weight excluding hydrogens is 559 g/mol. The summed E-state index contributed by atoms with van der Waals surface area (Å²) in [5.41, 5.74) is 2.61. The van der Waals surface area contributed by atoms with E-state index in [-0.39, 0.29) is 31.9 Å². The van der Waals surface area contributed by atoms with E-state index < -0.39 is 18.1 Å². The number of halogens is 1. The Labute approximate surface area is 238 Å². The first-order valence-electron chi connectivity index (χ1n) is 11.3. The maximum atomic E-state index is 8.95. The Morgan fingerprint density at radius 1 is 0.700 bits per heavy atom. The minimum absolute atomic E-state index is 0. The summed E-state index contributed by atoms with van der Waals surface area (Å²) in [6, 6.07) is 22.3. The molecule has 0 unspecified atom stereocenters. The fourth-order valence-corrected chi connectivity index (χ4v) is 6.33. The molecule has 1 spiro atoms. The first kappa shape index (κ1) is 37.1. The minimum atomic E-state index is -3.07. The largest absolute Gasteiger partial charge is 0.821 e. The summed E-state index contributed by atoms with van der Waals surface area (Å²) in [5.74, 6) is 1.74. The molecule has 40 heavy (non-hydrogen) atoms. The van der Waals surface area contributed by atoms with Crippen molar-refractivity contribution in [2.75, 3.05) is 28.4 Å². The maximum absolute atomic E-state index is 8.95. The van der Waals surface area contributed by atoms with Crippen molar-refractivity contribution in [2.24, 2.45) is 0 Å². The molecule has 0 bridgehead atoms. The van der Waals surface area contributed by atoms with Crippen LogP contribution < -0.4 is 8.85 Å². The van der Waals surface area contributed by atoms with Crippen molar-refractivity contribution in [3.8, 4) is 17.2 Å². The zero-order valence-corrected chi connectivity index (χ0v) is 23.6. The molecule has 0 saturated carbocycles. The fraction of sp³-hybridized carbons (Fsp3) is 0.333. The molecule has 3 aromatic rings. The van der Waals surface area contributed by atoms with E-state index in [1.54, 1.807) is 24.3 Å². The van der Waals surface area contributed by atoms with Gasteiger partial charge >= 0.3 is 18.1 Å². The van der Waals surface area contributed by atoms with Crippen LogP contribution >= 0.6 is 0 Å². The molecule has 5 rings (SSSR count). The first-order valence-corrected chi connectivity index (χ1v) is 14.6. The molecule has 0 atom stereocenters. The zero-order valence-electron chi connectivity index (χ0n) is 21.6. The highest BCUT2D eigenvalue weighted by molar-refractivity contribution is 6.55. The van der Waals surface area contributed by atoms with Crippen LogP contribution in [0.25, 0.3) is 0 Å². The summed E-state index contributed by atoms with van der Waals surface area (Å²) in [7, 11) is 0.192. The lowest BCUT2D eigenvalue weighted by atomic mass is 10.2. The molecule has 0 saturated heterocycles. The molecule has 2 aliphatic heterocycles. The molecule has 13 heteroatoms. The fourth-order valence-electron chi connectivity index (χ4n) is 3.37. The van der Waals surface area contributed by atoms with Crippen molar-refractivity contribution >= 4 is 18.1 Å². The van der Waals surface area contributed by atoms with E-state index in [1.165, 1.54) is 28.4 Å². The third kappa shape index (κ3) is 9.36. The summed E-state index contributed by atoms with van der Waals surface area (Å²) in [5, 5.41) is 17.5. The summed E-state index contributed by atoms with van der Waals surface area (Å²) in [6.07, 6.45) is 0. The topological polar surface area (TPSA) is 114 Å². The second-order valence-electron chi connectivity index (χ2n) is 7.60. The number of para-hydroxylation sites is 3. The van der Waals surface area contributed by atoms with Crippen LogP contribution in [0, 0.1) is 0 Å². The predicted octanol–water partition coefficient (Wildman–Crippen LogP) is 4.96. The number of aromatic hydroxyl groups is 1. The van der Waals surface area contributed by atoms with Crippen molar-refractivity contribution in [3.05, 3.63) is 89.5 Å². The lowest BCUT2D eigenvalue weighted by molar-refractivity contribution is 0.00533. The average Bonchev–Trinajstić information content (AvgIpc) is 2.95. The first-order chi connectivity index (χ1) is 17.9. The number of fused-ring (bicyclic) bond motifs is 2. The van der Waals surface area contributed by atoms with Gasteiger partial charge in [-0.15, -0.1) is 0 Å². The van der Waals surface area contributed by atoms with Gasteiger partial charge in [-0.3, -0.25) is 4.70 Å². The van der Waals surface area contributed by atoms with Gasteiger partial charge in [0, 0.05) is 45.1 Å². The Morgan fingerprint density at radius 2 is 1.10 bits per heavy atom. The second kappa shape index (κ2) is 17.8. The minimum Gasteiger partial charge on any atom is -0.508 e. The molecule has 0 fully saturated rings. The van der Waals surface area contributed by atoms with Crippen LogP contribution in [0.3, 0.4) is 0 Å². The number of rotatable bonds is 5. The lowest BCUT2D eigenvalue weighted by Crippen LogP contribution is -2.58. The number of aliphatic hydroxyl groups is 1. The summed E-state index contributed by atoms with van der Waals surface area (Å²) in [6.45, 7) is 0.821. The Bertz CT molecular complexity index is 1060. The highest BCUT2D eigenvalue weighted by Crippen LogP contribution is 2.35. The van der Waals surface area contributed by atoms with Crippen molar-refractivity contribution in [1.82, 2.24) is 0 Å². The third-order valence-electron chi connectivity index (χ3n) is 5.39. The van der Waals surface area contributed by atoms with Crippen LogP contribution in [0.4, 0.5) is 4.70 Å². The third-order valence-corrected chi connectivity index (χ3v) is 9.32. The Hall–Kier alpha value is -2.86. The van der Waals surface area contributed by atoms with Crippen LogP contribution in [0.2, 0.25) is 0 Å². The number of phenols is 1. The van der Waals surface area contributed by atoms with Crippen LogP contribution in [0.15, 0.2) is 72.8 Å². The zero-order chi connectivity index (χ0) is 26.7. The summed E-state index contributed by atoms with van der Waals surface area (Å²) < 4.78 is 42.7. The van der Waals surface area contributed by atoms with E-state index in [0.717, 1.165) is 22.6 Å². The Morgan fingerprint density at radius 3 is 1.45 bits per heavy atom. The van der Waals surface area contributed by atoms with Gasteiger partial charge in [0.25, 0.3) is 0 Å².